The number of pyridine rings is 1. The number of hydrogen-bond donors (Lipinski definition) is 3. The number of carbonyl (C=O) groups excluding carboxylic acids is 1. The lowest BCUT2D eigenvalue weighted by Crippen LogP contribution is -2.40. The molecular weight excluding hydrogens is 416 g/mol. The van der Waals surface area contributed by atoms with Crippen LogP contribution in [0, 0.1) is 5.92 Å². The van der Waals surface area contributed by atoms with Gasteiger partial charge in [-0.3, -0.25) is 15.6 Å². The van der Waals surface area contributed by atoms with Gasteiger partial charge in [-0.25, -0.2) is 4.98 Å². The van der Waals surface area contributed by atoms with Crippen LogP contribution in [0.15, 0.2) is 60.8 Å². The van der Waals surface area contributed by atoms with Crippen LogP contribution in [0.5, 0.6) is 17.2 Å². The van der Waals surface area contributed by atoms with Crippen LogP contribution in [-0.4, -0.2) is 23.5 Å². The first-order valence-electron chi connectivity index (χ1n) is 11.5. The van der Waals surface area contributed by atoms with Crippen LogP contribution < -0.4 is 25.6 Å². The van der Waals surface area contributed by atoms with Gasteiger partial charge in [0.2, 0.25) is 5.91 Å². The molecule has 0 saturated carbocycles. The Balaban J connectivity index is 1.17. The zero-order valence-corrected chi connectivity index (χ0v) is 18.2. The highest BCUT2D eigenvalue weighted by molar-refractivity contribution is 5.93. The SMILES string of the molecule is O=C1CCc2c(Oc3ccc4c(c3)CC(C3CC(c5ccccc5)NN3)CO4)ccnc2N1. The third-order valence-corrected chi connectivity index (χ3v) is 6.77. The topological polar surface area (TPSA) is 84.5 Å². The van der Waals surface area contributed by atoms with E-state index in [2.05, 4.69) is 51.5 Å². The molecule has 7 nitrogen and oxygen atoms in total. The van der Waals surface area contributed by atoms with Crippen LogP contribution in [-0.2, 0) is 17.6 Å². The highest BCUT2D eigenvalue weighted by Gasteiger charge is 2.34. The molecule has 168 valence electrons. The number of hydrogen-bond acceptors (Lipinski definition) is 6. The summed E-state index contributed by atoms with van der Waals surface area (Å²) in [7, 11) is 0. The molecule has 4 heterocycles. The quantitative estimate of drug-likeness (QED) is 0.568. The van der Waals surface area contributed by atoms with Crippen molar-refractivity contribution in [2.45, 2.75) is 37.8 Å². The first-order valence-corrected chi connectivity index (χ1v) is 11.5. The Morgan fingerprint density at radius 1 is 1.03 bits per heavy atom. The van der Waals surface area contributed by atoms with E-state index in [-0.39, 0.29) is 5.91 Å². The molecule has 1 fully saturated rings. The second-order valence-corrected chi connectivity index (χ2v) is 8.93. The van der Waals surface area contributed by atoms with Crippen molar-refractivity contribution in [1.29, 1.82) is 0 Å². The summed E-state index contributed by atoms with van der Waals surface area (Å²) < 4.78 is 12.4. The number of amides is 1. The molecule has 0 radical (unpaired) electrons. The van der Waals surface area contributed by atoms with Crippen molar-refractivity contribution in [2.24, 2.45) is 5.92 Å². The maximum Gasteiger partial charge on any atom is 0.225 e. The maximum atomic E-state index is 11.7. The van der Waals surface area contributed by atoms with E-state index in [1.54, 1.807) is 6.20 Å². The van der Waals surface area contributed by atoms with E-state index in [1.165, 1.54) is 5.56 Å². The third-order valence-electron chi connectivity index (χ3n) is 6.77. The fraction of sp³-hybridized carbons (Fsp3) is 0.308. The zero-order chi connectivity index (χ0) is 22.2. The number of carbonyl (C=O) groups is 1. The lowest BCUT2D eigenvalue weighted by Gasteiger charge is -2.29. The third kappa shape index (κ3) is 4.05. The summed E-state index contributed by atoms with van der Waals surface area (Å²) in [5.41, 5.74) is 10.4. The van der Waals surface area contributed by atoms with Crippen LogP contribution in [0.2, 0.25) is 0 Å². The molecule has 7 heteroatoms. The van der Waals surface area contributed by atoms with Gasteiger partial charge in [-0.2, -0.15) is 0 Å². The molecule has 6 rings (SSSR count). The average Bonchev–Trinajstić information content (AvgIpc) is 3.35. The number of nitrogens with one attached hydrogen (secondary N) is 3. The van der Waals surface area contributed by atoms with Crippen molar-refractivity contribution in [1.82, 2.24) is 15.8 Å². The lowest BCUT2D eigenvalue weighted by atomic mass is 9.87. The minimum atomic E-state index is -0.00589. The lowest BCUT2D eigenvalue weighted by molar-refractivity contribution is -0.116. The van der Waals surface area contributed by atoms with Crippen molar-refractivity contribution >= 4 is 11.7 Å². The van der Waals surface area contributed by atoms with Gasteiger partial charge >= 0.3 is 0 Å². The largest absolute Gasteiger partial charge is 0.493 e. The predicted octanol–water partition coefficient (Wildman–Crippen LogP) is 3.92. The smallest absolute Gasteiger partial charge is 0.225 e. The first-order chi connectivity index (χ1) is 16.2. The van der Waals surface area contributed by atoms with E-state index in [0.717, 1.165) is 41.2 Å². The molecular formula is C26H26N4O3. The van der Waals surface area contributed by atoms with E-state index in [1.807, 2.05) is 24.3 Å². The molecule has 1 amide bonds. The summed E-state index contributed by atoms with van der Waals surface area (Å²) in [5, 5.41) is 2.83. The van der Waals surface area contributed by atoms with Gasteiger partial charge in [-0.05, 0) is 54.7 Å². The average molecular weight is 443 g/mol. The predicted molar refractivity (Wildman–Crippen MR) is 124 cm³/mol. The van der Waals surface area contributed by atoms with E-state index in [4.69, 9.17) is 9.47 Å². The Hall–Kier alpha value is -3.42. The van der Waals surface area contributed by atoms with Gasteiger partial charge in [-0.1, -0.05) is 30.3 Å². The molecule has 0 aliphatic carbocycles. The normalized spacial score (nSPS) is 23.8. The molecule has 2 aromatic carbocycles. The summed E-state index contributed by atoms with van der Waals surface area (Å²) in [6.07, 6.45) is 4.69. The molecule has 3 atom stereocenters. The molecule has 1 aromatic heterocycles. The van der Waals surface area contributed by atoms with E-state index < -0.39 is 0 Å². The number of aromatic nitrogens is 1. The minimum Gasteiger partial charge on any atom is -0.493 e. The van der Waals surface area contributed by atoms with Gasteiger partial charge in [0.1, 0.15) is 23.1 Å². The Morgan fingerprint density at radius 3 is 2.85 bits per heavy atom. The second-order valence-electron chi connectivity index (χ2n) is 8.93. The second kappa shape index (κ2) is 8.50. The number of hydrazine groups is 1. The number of rotatable bonds is 4. The van der Waals surface area contributed by atoms with Crippen molar-refractivity contribution in [3.8, 4) is 17.2 Å². The van der Waals surface area contributed by atoms with Crippen molar-refractivity contribution < 1.29 is 14.3 Å². The van der Waals surface area contributed by atoms with Gasteiger partial charge < -0.3 is 14.8 Å². The Labute approximate surface area is 192 Å². The minimum absolute atomic E-state index is 0.00589. The van der Waals surface area contributed by atoms with Crippen LogP contribution in [0.1, 0.15) is 35.6 Å². The van der Waals surface area contributed by atoms with E-state index in [9.17, 15) is 4.79 Å². The summed E-state index contributed by atoms with van der Waals surface area (Å²) in [5.74, 6) is 3.39. The number of ether oxygens (including phenoxy) is 2. The van der Waals surface area contributed by atoms with Crippen molar-refractivity contribution in [3.63, 3.8) is 0 Å². The summed E-state index contributed by atoms with van der Waals surface area (Å²) in [6, 6.07) is 19.1. The van der Waals surface area contributed by atoms with E-state index >= 15 is 0 Å². The molecule has 3 unspecified atom stereocenters. The van der Waals surface area contributed by atoms with Crippen LogP contribution >= 0.6 is 0 Å². The first kappa shape index (κ1) is 20.2. The maximum absolute atomic E-state index is 11.7. The van der Waals surface area contributed by atoms with Crippen LogP contribution in [0.3, 0.4) is 0 Å². The molecule has 3 aliphatic heterocycles. The Morgan fingerprint density at radius 2 is 1.94 bits per heavy atom. The van der Waals surface area contributed by atoms with Gasteiger partial charge in [0.15, 0.2) is 0 Å². The highest BCUT2D eigenvalue weighted by Crippen LogP contribution is 2.37. The molecule has 3 aromatic rings. The highest BCUT2D eigenvalue weighted by atomic mass is 16.5. The molecule has 3 aliphatic rings. The Kier molecular flexibility index (Phi) is 5.20. The number of nitrogens with zero attached hydrogens (tertiary/aromatic N) is 1. The standard InChI is InChI=1S/C26H26N4O3/c31-25-9-7-20-24(10-11-27-26(20)28-25)33-19-6-8-23-17(13-19)12-18(15-32-23)22-14-21(29-30-22)16-4-2-1-3-5-16/h1-6,8,10-11,13,18,21-22,29-30H,7,9,12,14-15H2,(H,27,28,31). The van der Waals surface area contributed by atoms with Gasteiger partial charge in [0, 0.05) is 36.2 Å². The monoisotopic (exact) mass is 442 g/mol. The fourth-order valence-corrected chi connectivity index (χ4v) is 4.99. The molecule has 0 bridgehead atoms. The van der Waals surface area contributed by atoms with Crippen LogP contribution in [0.4, 0.5) is 5.82 Å². The summed E-state index contributed by atoms with van der Waals surface area (Å²) in [4.78, 5) is 16.0. The van der Waals surface area contributed by atoms with Crippen molar-refractivity contribution in [2.75, 3.05) is 11.9 Å². The number of fused-ring (bicyclic) bond motifs is 2. The van der Waals surface area contributed by atoms with Crippen LogP contribution in [0.25, 0.3) is 0 Å². The number of benzene rings is 2. The molecule has 1 saturated heterocycles. The number of anilines is 1. The summed E-state index contributed by atoms with van der Waals surface area (Å²) >= 11 is 0. The molecule has 0 spiro atoms. The Bertz CT molecular complexity index is 1180. The zero-order valence-electron chi connectivity index (χ0n) is 18.2. The van der Waals surface area contributed by atoms with E-state index in [0.29, 0.717) is 43.3 Å². The fourth-order valence-electron chi connectivity index (χ4n) is 4.99. The molecule has 33 heavy (non-hydrogen) atoms. The summed E-state index contributed by atoms with van der Waals surface area (Å²) in [6.45, 7) is 0.700. The molecule has 3 N–H and O–H groups in total. The van der Waals surface area contributed by atoms with Gasteiger partial charge in [0.25, 0.3) is 0 Å². The van der Waals surface area contributed by atoms with Crippen molar-refractivity contribution in [3.05, 3.63) is 77.5 Å². The van der Waals surface area contributed by atoms with Gasteiger partial charge in [-0.15, -0.1) is 0 Å². The van der Waals surface area contributed by atoms with Gasteiger partial charge in [0.05, 0.1) is 6.61 Å².